The molecule has 2 saturated heterocycles. The Morgan fingerprint density at radius 2 is 1.06 bits per heavy atom. The third-order valence-electron chi connectivity index (χ3n) is 15.2. The summed E-state index contributed by atoms with van der Waals surface area (Å²) in [6, 6.07) is -11.2. The van der Waals surface area contributed by atoms with Gasteiger partial charge in [0.1, 0.15) is 66.2 Å². The number of phenols is 1. The number of aromatic hydroxyl groups is 1. The van der Waals surface area contributed by atoms with Gasteiger partial charge < -0.3 is 100 Å². The molecule has 20 N–H and O–H groups in total. The minimum atomic E-state index is -1.93. The van der Waals surface area contributed by atoms with Crippen LogP contribution in [0.15, 0.2) is 24.3 Å². The van der Waals surface area contributed by atoms with E-state index in [-0.39, 0.29) is 56.4 Å². The second-order valence-corrected chi connectivity index (χ2v) is 23.4. The van der Waals surface area contributed by atoms with Gasteiger partial charge in [-0.1, -0.05) is 60.1 Å². The number of amides is 13. The highest BCUT2D eigenvalue weighted by Gasteiger charge is 2.45. The summed E-state index contributed by atoms with van der Waals surface area (Å²) in [5.41, 5.74) is 17.3. The maximum atomic E-state index is 14.3. The highest BCUT2D eigenvalue weighted by Crippen LogP contribution is 2.27. The summed E-state index contributed by atoms with van der Waals surface area (Å²) in [5, 5.41) is 71.2. The van der Waals surface area contributed by atoms with Crippen LogP contribution in [0.1, 0.15) is 112 Å². The number of carbonyl (C=O) groups excluding carboxylic acids is 13. The number of aliphatic hydroxyl groups excluding tert-OH is 3. The van der Waals surface area contributed by atoms with Crippen molar-refractivity contribution < 1.29 is 92.7 Å². The molecule has 0 spiro atoms. The summed E-state index contributed by atoms with van der Waals surface area (Å²) in [7, 11) is 0. The average molecular weight is 1280 g/mol. The van der Waals surface area contributed by atoms with E-state index < -0.39 is 193 Å². The number of rotatable bonds is 35. The van der Waals surface area contributed by atoms with Gasteiger partial charge in [-0.15, -0.1) is 0 Å². The minimum Gasteiger partial charge on any atom is -0.508 e. The number of primary amides is 2. The molecule has 2 fully saturated rings. The number of nitrogens with two attached hydrogens (primary N) is 3. The zero-order valence-electron chi connectivity index (χ0n) is 51.8. The van der Waals surface area contributed by atoms with Crippen molar-refractivity contribution in [2.45, 2.75) is 192 Å². The van der Waals surface area contributed by atoms with Gasteiger partial charge in [-0.2, -0.15) is 0 Å². The van der Waals surface area contributed by atoms with Gasteiger partial charge in [0.15, 0.2) is 0 Å². The number of carboxylic acids is 1. The molecule has 33 nitrogen and oxygen atoms in total. The molecular weight excluding hydrogens is 1180 g/mol. The fourth-order valence-corrected chi connectivity index (χ4v) is 9.96. The summed E-state index contributed by atoms with van der Waals surface area (Å²) >= 11 is 0. The van der Waals surface area contributed by atoms with E-state index in [1.54, 1.807) is 0 Å². The maximum absolute atomic E-state index is 14.3. The molecule has 0 unspecified atom stereocenters. The quantitative estimate of drug-likeness (QED) is 0.0300. The van der Waals surface area contributed by atoms with Gasteiger partial charge in [0.25, 0.3) is 0 Å². The van der Waals surface area contributed by atoms with Crippen molar-refractivity contribution >= 4 is 82.8 Å². The van der Waals surface area contributed by atoms with Crippen molar-refractivity contribution in [1.29, 1.82) is 0 Å². The molecule has 2 aliphatic heterocycles. The minimum absolute atomic E-state index is 0.0323. The van der Waals surface area contributed by atoms with Crippen LogP contribution in [0.4, 0.5) is 0 Å². The number of nitrogens with one attached hydrogen (secondary N) is 9. The van der Waals surface area contributed by atoms with Gasteiger partial charge in [-0.05, 0) is 81.4 Å². The molecule has 2 aliphatic rings. The second kappa shape index (κ2) is 35.6. The summed E-state index contributed by atoms with van der Waals surface area (Å²) in [6.45, 7) is 10.8. The van der Waals surface area contributed by atoms with Gasteiger partial charge in [0, 0.05) is 19.5 Å². The number of likely N-dealkylation sites (tertiary alicyclic amines) is 2. The standard InChI is InChI=1S/C57H90N14O19/c1-9-28(6)43(60)51(83)65-35(20-26(2)3)55(87)71-19-11-13-39(71)56(88)70-18-10-12-38(70)50(82)69-46(30(8)74)53(85)64-34(23-41(59)77)47(79)67-44(27(4)5)52(84)61-24-42(78)62-37(25-72)49(81)63-33(22-40(58)76)48(80)68-45(29(7)73)54(86)66-36(57(89)90)21-31-14-16-32(75)17-15-31/h14-17,26-30,33-39,43-46,72-75H,9-13,18-25,60H2,1-8H3,(H2,58,76)(H2,59,77)(H,61,84)(H,62,78)(H,63,81)(H,64,85)(H,65,83)(H,66,86)(H,67,79)(H,68,80)(H,69,82)(H,89,90)/t28-,29+,30+,33-,34-,35-,36-,37-,38-,39-,43-,44-,45-,46-/m0/s1. The Morgan fingerprint density at radius 3 is 1.54 bits per heavy atom. The van der Waals surface area contributed by atoms with Crippen LogP contribution in [0.25, 0.3) is 0 Å². The van der Waals surface area contributed by atoms with Crippen molar-refractivity contribution in [2.75, 3.05) is 26.2 Å². The van der Waals surface area contributed by atoms with Crippen LogP contribution in [0.2, 0.25) is 0 Å². The number of benzene rings is 1. The molecule has 90 heavy (non-hydrogen) atoms. The molecule has 1 aromatic carbocycles. The molecule has 0 aromatic heterocycles. The molecule has 13 amide bonds. The number of hydrogen-bond donors (Lipinski definition) is 17. The predicted octanol–water partition coefficient (Wildman–Crippen LogP) is -6.42. The lowest BCUT2D eigenvalue weighted by atomic mass is 9.97. The molecule has 0 bridgehead atoms. The van der Waals surface area contributed by atoms with Crippen LogP contribution >= 0.6 is 0 Å². The number of aliphatic carboxylic acids is 1. The molecule has 0 aliphatic carbocycles. The monoisotopic (exact) mass is 1270 g/mol. The highest BCUT2D eigenvalue weighted by atomic mass is 16.4. The Kier molecular flexibility index (Phi) is 29.9. The Balaban J connectivity index is 1.68. The van der Waals surface area contributed by atoms with E-state index in [1.807, 2.05) is 27.7 Å². The lowest BCUT2D eigenvalue weighted by molar-refractivity contribution is -0.148. The SMILES string of the molecule is CC[C@H](C)[C@H](N)C(=O)N[C@@H](CC(C)C)C(=O)N1CCC[C@H]1C(=O)N1CCC[C@H]1C(=O)N[C@H](C(=O)N[C@@H](CC(N)=O)C(=O)N[C@H](C(=O)NCC(=O)N[C@@H](CO)C(=O)N[C@@H](CC(N)=O)C(=O)N[C@H](C(=O)N[C@@H](Cc1ccc(O)cc1)C(=O)O)[C@@H](C)O)C(C)C)[C@@H](C)O. The van der Waals surface area contributed by atoms with Crippen molar-refractivity contribution in [3.8, 4) is 5.75 Å². The Labute approximate surface area is 520 Å². The molecular formula is C57H90N14O19. The molecule has 33 heteroatoms. The fourth-order valence-electron chi connectivity index (χ4n) is 9.96. The first-order valence-corrected chi connectivity index (χ1v) is 29.7. The normalized spacial score (nSPS) is 18.7. The molecule has 502 valence electrons. The average Bonchev–Trinajstić information content (AvgIpc) is 2.22. The third-order valence-corrected chi connectivity index (χ3v) is 15.2. The molecule has 3 rings (SSSR count). The first-order chi connectivity index (χ1) is 42.1. The molecule has 1 aromatic rings. The van der Waals surface area contributed by atoms with Crippen LogP contribution in [0, 0.1) is 17.8 Å². The van der Waals surface area contributed by atoms with E-state index in [9.17, 15) is 92.7 Å². The summed E-state index contributed by atoms with van der Waals surface area (Å²) in [5.74, 6) is -15.7. The predicted molar refractivity (Wildman–Crippen MR) is 317 cm³/mol. The van der Waals surface area contributed by atoms with Crippen molar-refractivity contribution in [1.82, 2.24) is 57.7 Å². The van der Waals surface area contributed by atoms with E-state index in [1.165, 1.54) is 47.9 Å². The van der Waals surface area contributed by atoms with Crippen LogP contribution in [-0.2, 0) is 73.5 Å². The highest BCUT2D eigenvalue weighted by molar-refractivity contribution is 6.00. The van der Waals surface area contributed by atoms with Crippen LogP contribution < -0.4 is 65.1 Å². The third kappa shape index (κ3) is 22.8. The fraction of sp³-hybridized carbons (Fsp3) is 0.649. The Hall–Kier alpha value is -8.56. The molecule has 0 radical (unpaired) electrons. The topological polar surface area (TPSA) is 533 Å². The van der Waals surface area contributed by atoms with Crippen molar-refractivity contribution in [3.05, 3.63) is 29.8 Å². The number of phenolic OH excluding ortho intramolecular Hbond substituents is 1. The second-order valence-electron chi connectivity index (χ2n) is 23.4. The van der Waals surface area contributed by atoms with Gasteiger partial charge in [0.05, 0.1) is 44.2 Å². The van der Waals surface area contributed by atoms with Crippen LogP contribution in [0.3, 0.4) is 0 Å². The number of carboxylic acid groups (broad SMARTS) is 1. The van der Waals surface area contributed by atoms with Crippen molar-refractivity contribution in [3.63, 3.8) is 0 Å². The largest absolute Gasteiger partial charge is 0.508 e. The lowest BCUT2D eigenvalue weighted by Gasteiger charge is -2.34. The first kappa shape index (κ1) is 75.7. The summed E-state index contributed by atoms with van der Waals surface area (Å²) in [4.78, 5) is 189. The van der Waals surface area contributed by atoms with Crippen LogP contribution in [-0.4, -0.2) is 223 Å². The van der Waals surface area contributed by atoms with Gasteiger partial charge in [-0.25, -0.2) is 4.79 Å². The summed E-state index contributed by atoms with van der Waals surface area (Å²) < 4.78 is 0. The van der Waals surface area contributed by atoms with Gasteiger partial charge in [-0.3, -0.25) is 62.3 Å². The maximum Gasteiger partial charge on any atom is 0.326 e. The first-order valence-electron chi connectivity index (χ1n) is 29.7. The van der Waals surface area contributed by atoms with E-state index >= 15 is 0 Å². The Morgan fingerprint density at radius 1 is 0.578 bits per heavy atom. The number of carbonyl (C=O) groups is 14. The van der Waals surface area contributed by atoms with Gasteiger partial charge in [0.2, 0.25) is 76.8 Å². The zero-order valence-corrected chi connectivity index (χ0v) is 51.8. The van der Waals surface area contributed by atoms with Crippen LogP contribution in [0.5, 0.6) is 5.75 Å². The smallest absolute Gasteiger partial charge is 0.326 e. The molecule has 14 atom stereocenters. The van der Waals surface area contributed by atoms with Crippen molar-refractivity contribution in [2.24, 2.45) is 35.0 Å². The molecule has 2 heterocycles. The lowest BCUT2D eigenvalue weighted by Crippen LogP contribution is -2.62. The van der Waals surface area contributed by atoms with E-state index in [0.29, 0.717) is 24.8 Å². The number of aliphatic hydroxyl groups is 3. The van der Waals surface area contributed by atoms with E-state index in [0.717, 1.165) is 13.8 Å². The number of hydrogen-bond acceptors (Lipinski definition) is 19. The zero-order chi connectivity index (χ0) is 68.0. The summed E-state index contributed by atoms with van der Waals surface area (Å²) in [6.07, 6.45) is -3.41. The molecule has 0 saturated carbocycles. The number of nitrogens with zero attached hydrogens (tertiary/aromatic N) is 2. The Bertz CT molecular complexity index is 2750. The van der Waals surface area contributed by atoms with E-state index in [2.05, 4.69) is 47.9 Å². The van der Waals surface area contributed by atoms with Gasteiger partial charge >= 0.3 is 5.97 Å². The van der Waals surface area contributed by atoms with E-state index in [4.69, 9.17) is 17.2 Å².